The minimum absolute atomic E-state index is 0.264. The second-order valence-corrected chi connectivity index (χ2v) is 5.36. The van der Waals surface area contributed by atoms with E-state index in [-0.39, 0.29) is 11.9 Å². The monoisotopic (exact) mass is 265 g/mol. The van der Waals surface area contributed by atoms with Gasteiger partial charge in [0.2, 0.25) is 0 Å². The minimum atomic E-state index is -0.264. The fourth-order valence-corrected chi connectivity index (χ4v) is 2.71. The number of rotatable bonds is 5. The zero-order valence-electron chi connectivity index (χ0n) is 11.9. The molecule has 0 aromatic carbocycles. The van der Waals surface area contributed by atoms with Gasteiger partial charge < -0.3 is 5.32 Å². The number of aromatic nitrogens is 1. The maximum atomic E-state index is 12.9. The molecule has 0 spiro atoms. The predicted molar refractivity (Wildman–Crippen MR) is 75.5 cm³/mol. The van der Waals surface area contributed by atoms with Crippen molar-refractivity contribution < 1.29 is 4.39 Å². The number of pyridine rings is 1. The highest BCUT2D eigenvalue weighted by molar-refractivity contribution is 5.09. The standard InChI is InChI=1S/C15H24FN3/c1-3-17-10-13-6-8-19(9-7-13)12(2)15-5-4-14(16)11-18-15/h4-5,11-13,17H,3,6-10H2,1-2H3. The lowest BCUT2D eigenvalue weighted by molar-refractivity contribution is 0.138. The fourth-order valence-electron chi connectivity index (χ4n) is 2.71. The molecule has 1 aromatic heterocycles. The summed E-state index contributed by atoms with van der Waals surface area (Å²) in [5.41, 5.74) is 0.964. The molecule has 0 amide bonds. The third-order valence-corrected chi connectivity index (χ3v) is 4.06. The molecule has 1 unspecified atom stereocenters. The molecule has 1 saturated heterocycles. The van der Waals surface area contributed by atoms with Gasteiger partial charge in [-0.05, 0) is 64.0 Å². The normalized spacial score (nSPS) is 19.5. The van der Waals surface area contributed by atoms with Crippen LogP contribution >= 0.6 is 0 Å². The van der Waals surface area contributed by atoms with Gasteiger partial charge in [0.25, 0.3) is 0 Å². The van der Waals surface area contributed by atoms with Gasteiger partial charge in [-0.1, -0.05) is 6.92 Å². The number of hydrogen-bond donors (Lipinski definition) is 1. The molecule has 1 fully saturated rings. The maximum Gasteiger partial charge on any atom is 0.141 e. The molecule has 1 aliphatic rings. The van der Waals surface area contributed by atoms with E-state index in [1.54, 1.807) is 6.07 Å². The highest BCUT2D eigenvalue weighted by Crippen LogP contribution is 2.25. The summed E-state index contributed by atoms with van der Waals surface area (Å²) in [7, 11) is 0. The number of piperidine rings is 1. The number of nitrogens with one attached hydrogen (secondary N) is 1. The van der Waals surface area contributed by atoms with Gasteiger partial charge in [0, 0.05) is 6.04 Å². The number of nitrogens with zero attached hydrogens (tertiary/aromatic N) is 2. The molecule has 0 aliphatic carbocycles. The first-order valence-corrected chi connectivity index (χ1v) is 7.27. The van der Waals surface area contributed by atoms with Crippen molar-refractivity contribution in [1.82, 2.24) is 15.2 Å². The van der Waals surface area contributed by atoms with E-state index >= 15 is 0 Å². The lowest BCUT2D eigenvalue weighted by Crippen LogP contribution is -2.38. The SMILES string of the molecule is CCNCC1CCN(C(C)c2ccc(F)cn2)CC1. The Hall–Kier alpha value is -1.00. The average molecular weight is 265 g/mol. The van der Waals surface area contributed by atoms with Crippen molar-refractivity contribution in [3.05, 3.63) is 29.8 Å². The summed E-state index contributed by atoms with van der Waals surface area (Å²) in [5, 5.41) is 3.43. The van der Waals surface area contributed by atoms with E-state index in [0.29, 0.717) is 0 Å². The van der Waals surface area contributed by atoms with Gasteiger partial charge >= 0.3 is 0 Å². The first kappa shape index (κ1) is 14.4. The summed E-state index contributed by atoms with van der Waals surface area (Å²) in [5.74, 6) is 0.532. The summed E-state index contributed by atoms with van der Waals surface area (Å²) < 4.78 is 12.9. The Kier molecular flexibility index (Phi) is 5.28. The van der Waals surface area contributed by atoms with Crippen molar-refractivity contribution in [2.75, 3.05) is 26.2 Å². The van der Waals surface area contributed by atoms with Crippen molar-refractivity contribution in [3.8, 4) is 0 Å². The Bertz CT molecular complexity index is 371. The number of halogens is 1. The second-order valence-electron chi connectivity index (χ2n) is 5.36. The third-order valence-electron chi connectivity index (χ3n) is 4.06. The molecule has 4 heteroatoms. The molecule has 19 heavy (non-hydrogen) atoms. The van der Waals surface area contributed by atoms with Crippen molar-refractivity contribution in [2.45, 2.75) is 32.7 Å². The van der Waals surface area contributed by atoms with Gasteiger partial charge in [-0.3, -0.25) is 9.88 Å². The van der Waals surface area contributed by atoms with Crippen LogP contribution in [0.25, 0.3) is 0 Å². The van der Waals surface area contributed by atoms with E-state index in [2.05, 4.69) is 29.0 Å². The van der Waals surface area contributed by atoms with Gasteiger partial charge in [-0.25, -0.2) is 4.39 Å². The van der Waals surface area contributed by atoms with Crippen LogP contribution in [0.3, 0.4) is 0 Å². The fraction of sp³-hybridized carbons (Fsp3) is 0.667. The van der Waals surface area contributed by atoms with Crippen LogP contribution in [0.5, 0.6) is 0 Å². The molecular formula is C15H24FN3. The van der Waals surface area contributed by atoms with Crippen LogP contribution in [0.15, 0.2) is 18.3 Å². The number of likely N-dealkylation sites (tertiary alicyclic amines) is 1. The van der Waals surface area contributed by atoms with Crippen LogP contribution in [-0.4, -0.2) is 36.1 Å². The van der Waals surface area contributed by atoms with Gasteiger partial charge in [-0.15, -0.1) is 0 Å². The zero-order chi connectivity index (χ0) is 13.7. The summed E-state index contributed by atoms with van der Waals surface area (Å²) in [4.78, 5) is 6.64. The summed E-state index contributed by atoms with van der Waals surface area (Å²) in [6, 6.07) is 3.57. The highest BCUT2D eigenvalue weighted by atomic mass is 19.1. The first-order valence-electron chi connectivity index (χ1n) is 7.27. The minimum Gasteiger partial charge on any atom is -0.317 e. The van der Waals surface area contributed by atoms with Crippen molar-refractivity contribution in [3.63, 3.8) is 0 Å². The summed E-state index contributed by atoms with van der Waals surface area (Å²) in [6.45, 7) is 8.71. The largest absolute Gasteiger partial charge is 0.317 e. The second kappa shape index (κ2) is 6.96. The van der Waals surface area contributed by atoms with Crippen molar-refractivity contribution >= 4 is 0 Å². The van der Waals surface area contributed by atoms with Crippen LogP contribution in [0, 0.1) is 11.7 Å². The van der Waals surface area contributed by atoms with Gasteiger partial charge in [0.05, 0.1) is 11.9 Å². The average Bonchev–Trinajstić information content (AvgIpc) is 2.46. The van der Waals surface area contributed by atoms with Gasteiger partial charge in [0.15, 0.2) is 0 Å². The van der Waals surface area contributed by atoms with E-state index in [0.717, 1.165) is 37.8 Å². The van der Waals surface area contributed by atoms with Crippen molar-refractivity contribution in [1.29, 1.82) is 0 Å². The third kappa shape index (κ3) is 3.98. The molecule has 0 radical (unpaired) electrons. The molecule has 0 bridgehead atoms. The molecule has 1 atom stereocenters. The van der Waals surface area contributed by atoms with Crippen LogP contribution in [0.1, 0.15) is 38.4 Å². The van der Waals surface area contributed by atoms with Crippen LogP contribution in [0.4, 0.5) is 4.39 Å². The summed E-state index contributed by atoms with van der Waals surface area (Å²) in [6.07, 6.45) is 3.78. The topological polar surface area (TPSA) is 28.2 Å². The Morgan fingerprint density at radius 1 is 1.42 bits per heavy atom. The van der Waals surface area contributed by atoms with Crippen molar-refractivity contribution in [2.24, 2.45) is 5.92 Å². The van der Waals surface area contributed by atoms with E-state index in [9.17, 15) is 4.39 Å². The molecule has 106 valence electrons. The Morgan fingerprint density at radius 3 is 2.74 bits per heavy atom. The Balaban J connectivity index is 1.85. The molecule has 2 heterocycles. The van der Waals surface area contributed by atoms with E-state index in [4.69, 9.17) is 0 Å². The molecule has 2 rings (SSSR count). The smallest absolute Gasteiger partial charge is 0.141 e. The molecule has 1 N–H and O–H groups in total. The first-order chi connectivity index (χ1) is 9.20. The predicted octanol–water partition coefficient (Wildman–Crippen LogP) is 2.60. The zero-order valence-corrected chi connectivity index (χ0v) is 11.9. The molecule has 3 nitrogen and oxygen atoms in total. The van der Waals surface area contributed by atoms with E-state index in [1.165, 1.54) is 25.1 Å². The van der Waals surface area contributed by atoms with Crippen LogP contribution < -0.4 is 5.32 Å². The Morgan fingerprint density at radius 2 is 2.16 bits per heavy atom. The van der Waals surface area contributed by atoms with E-state index in [1.807, 2.05) is 0 Å². The molecule has 1 aromatic rings. The quantitative estimate of drug-likeness (QED) is 0.887. The maximum absolute atomic E-state index is 12.9. The lowest BCUT2D eigenvalue weighted by Gasteiger charge is -2.35. The summed E-state index contributed by atoms with van der Waals surface area (Å²) >= 11 is 0. The number of hydrogen-bond acceptors (Lipinski definition) is 3. The van der Waals surface area contributed by atoms with E-state index < -0.39 is 0 Å². The molecule has 1 aliphatic heterocycles. The molecule has 0 saturated carbocycles. The lowest BCUT2D eigenvalue weighted by atomic mass is 9.95. The van der Waals surface area contributed by atoms with Crippen LogP contribution in [-0.2, 0) is 0 Å². The Labute approximate surface area is 115 Å². The highest BCUT2D eigenvalue weighted by Gasteiger charge is 2.23. The van der Waals surface area contributed by atoms with Gasteiger partial charge in [-0.2, -0.15) is 0 Å². The molecular weight excluding hydrogens is 241 g/mol. The van der Waals surface area contributed by atoms with Crippen LogP contribution in [0.2, 0.25) is 0 Å². The van der Waals surface area contributed by atoms with Gasteiger partial charge in [0.1, 0.15) is 5.82 Å².